The predicted octanol–water partition coefficient (Wildman–Crippen LogP) is 2.83. The van der Waals surface area contributed by atoms with Crippen LogP contribution in [0.15, 0.2) is 48.5 Å². The fraction of sp³-hybridized carbons (Fsp3) is 0.350. The molecular weight excluding hydrogens is 364 g/mol. The molecule has 2 rings (SSSR count). The molecule has 2 aromatic rings. The third-order valence-electron chi connectivity index (χ3n) is 4.61. The van der Waals surface area contributed by atoms with Crippen LogP contribution in [0.3, 0.4) is 0 Å². The number of carbonyl (C=O) groups excluding carboxylic acids is 1. The lowest BCUT2D eigenvalue weighted by molar-refractivity contribution is -0.0982. The molecule has 0 fully saturated rings. The molecule has 0 radical (unpaired) electrons. The van der Waals surface area contributed by atoms with Gasteiger partial charge in [-0.1, -0.05) is 36.4 Å². The molecule has 0 bridgehead atoms. The lowest BCUT2D eigenvalue weighted by atomic mass is 9.76. The van der Waals surface area contributed by atoms with Crippen LogP contribution < -0.4 is 10.8 Å². The van der Waals surface area contributed by atoms with Gasteiger partial charge in [-0.05, 0) is 50.9 Å². The molecule has 0 aliphatic heterocycles. The van der Waals surface area contributed by atoms with Gasteiger partial charge in [0.1, 0.15) is 12.4 Å². The summed E-state index contributed by atoms with van der Waals surface area (Å²) in [5, 5.41) is 22.6. The van der Waals surface area contributed by atoms with Crippen LogP contribution in [0.25, 0.3) is 0 Å². The second-order valence-corrected chi connectivity index (χ2v) is 7.47. The summed E-state index contributed by atoms with van der Waals surface area (Å²) >= 11 is 0. The van der Waals surface area contributed by atoms with E-state index in [0.717, 1.165) is 11.6 Å². The number of hydrogen-bond acceptors (Lipinski definition) is 5. The van der Waals surface area contributed by atoms with Gasteiger partial charge in [0.05, 0.1) is 16.9 Å². The van der Waals surface area contributed by atoms with Gasteiger partial charge in [-0.3, -0.25) is 5.32 Å². The van der Waals surface area contributed by atoms with Gasteiger partial charge in [0.2, 0.25) is 0 Å². The predicted molar refractivity (Wildman–Crippen MR) is 106 cm³/mol. The van der Waals surface area contributed by atoms with Crippen molar-refractivity contribution in [3.63, 3.8) is 0 Å². The maximum absolute atomic E-state index is 14.3. The van der Waals surface area contributed by atoms with Crippen LogP contribution in [0.2, 0.25) is 0 Å². The minimum Gasteiger partial charge on any atom is -0.444 e. The van der Waals surface area contributed by atoms with Crippen molar-refractivity contribution in [2.45, 2.75) is 45.5 Å². The van der Waals surface area contributed by atoms with E-state index in [9.17, 15) is 19.3 Å². The zero-order valence-electron chi connectivity index (χ0n) is 16.4. The van der Waals surface area contributed by atoms with Crippen molar-refractivity contribution in [2.24, 2.45) is 0 Å². The van der Waals surface area contributed by atoms with Crippen molar-refractivity contribution in [2.75, 3.05) is 5.32 Å². The summed E-state index contributed by atoms with van der Waals surface area (Å²) in [6, 6.07) is 12.9. The topological polar surface area (TPSA) is 88.0 Å². The number of benzene rings is 2. The number of nitrogens with one attached hydrogen (secondary N) is 1. The Morgan fingerprint density at radius 1 is 1.14 bits per heavy atom. The van der Waals surface area contributed by atoms with Gasteiger partial charge >= 0.3 is 13.2 Å². The molecule has 0 aromatic heterocycles. The maximum Gasteiger partial charge on any atom is 0.491 e. The average molecular weight is 389 g/mol. The van der Waals surface area contributed by atoms with Gasteiger partial charge in [-0.25, -0.2) is 9.18 Å². The molecule has 1 amide bonds. The highest BCUT2D eigenvalue weighted by molar-refractivity contribution is 6.60. The van der Waals surface area contributed by atoms with E-state index in [0.29, 0.717) is 0 Å². The highest BCUT2D eigenvalue weighted by Gasteiger charge is 2.39. The van der Waals surface area contributed by atoms with E-state index < -0.39 is 30.2 Å². The van der Waals surface area contributed by atoms with Gasteiger partial charge < -0.3 is 19.5 Å². The molecule has 3 N–H and O–H groups in total. The van der Waals surface area contributed by atoms with Crippen LogP contribution in [0.5, 0.6) is 0 Å². The molecule has 28 heavy (non-hydrogen) atoms. The van der Waals surface area contributed by atoms with Crippen molar-refractivity contribution < 1.29 is 28.7 Å². The van der Waals surface area contributed by atoms with Crippen molar-refractivity contribution in [3.8, 4) is 0 Å². The zero-order chi connectivity index (χ0) is 20.9. The van der Waals surface area contributed by atoms with Gasteiger partial charge in [-0.15, -0.1) is 0 Å². The summed E-state index contributed by atoms with van der Waals surface area (Å²) in [6.45, 7) is 6.39. The molecule has 6 nitrogen and oxygen atoms in total. The van der Waals surface area contributed by atoms with Crippen LogP contribution in [0, 0.1) is 5.82 Å². The highest BCUT2D eigenvalue weighted by Crippen LogP contribution is 2.25. The first-order valence-electron chi connectivity index (χ1n) is 8.85. The Bertz CT molecular complexity index is 808. The van der Waals surface area contributed by atoms with Crippen molar-refractivity contribution in [3.05, 3.63) is 59.9 Å². The maximum atomic E-state index is 14.3. The number of anilines is 1. The monoisotopic (exact) mass is 389 g/mol. The zero-order valence-corrected chi connectivity index (χ0v) is 16.4. The second-order valence-electron chi connectivity index (χ2n) is 7.47. The van der Waals surface area contributed by atoms with E-state index in [2.05, 4.69) is 5.32 Å². The summed E-state index contributed by atoms with van der Waals surface area (Å²) < 4.78 is 24.8. The summed E-state index contributed by atoms with van der Waals surface area (Å²) in [5.74, 6) is -0.752. The quantitative estimate of drug-likeness (QED) is 0.634. The van der Waals surface area contributed by atoms with Crippen LogP contribution in [0.4, 0.5) is 14.9 Å². The van der Waals surface area contributed by atoms with E-state index in [4.69, 9.17) is 9.39 Å². The fourth-order valence-electron chi connectivity index (χ4n) is 2.15. The molecule has 0 spiro atoms. The molecule has 0 aliphatic carbocycles. The molecule has 0 unspecified atom stereocenters. The van der Waals surface area contributed by atoms with Crippen LogP contribution in [-0.4, -0.2) is 34.5 Å². The number of halogens is 1. The van der Waals surface area contributed by atoms with Gasteiger partial charge in [0, 0.05) is 0 Å². The number of aliphatic hydroxyl groups is 1. The molecule has 2 aromatic carbocycles. The standard InChI is InChI=1S/C20H25BFNO5/c1-19(2,25)20(3,4)28-21(26)15-10-11-17(16(22)12-15)23-18(24)27-13-14-8-6-5-7-9-14/h5-12,25-26H,13H2,1-4H3,(H,23,24). The Morgan fingerprint density at radius 3 is 2.36 bits per heavy atom. The van der Waals surface area contributed by atoms with Crippen LogP contribution in [-0.2, 0) is 16.0 Å². The number of ether oxygens (including phenoxy) is 1. The lowest BCUT2D eigenvalue weighted by Crippen LogP contribution is -2.53. The smallest absolute Gasteiger partial charge is 0.444 e. The Morgan fingerprint density at radius 2 is 1.79 bits per heavy atom. The Hall–Kier alpha value is -2.42. The first-order valence-corrected chi connectivity index (χ1v) is 8.85. The Labute approximate surface area is 164 Å². The van der Waals surface area contributed by atoms with E-state index in [-0.39, 0.29) is 17.8 Å². The van der Waals surface area contributed by atoms with Crippen LogP contribution in [0.1, 0.15) is 33.3 Å². The summed E-state index contributed by atoms with van der Waals surface area (Å²) in [6.07, 6.45) is -0.796. The highest BCUT2D eigenvalue weighted by atomic mass is 19.1. The fourth-order valence-corrected chi connectivity index (χ4v) is 2.15. The normalized spacial score (nSPS) is 11.8. The largest absolute Gasteiger partial charge is 0.491 e. The first-order chi connectivity index (χ1) is 13.0. The number of amides is 1. The molecule has 8 heteroatoms. The third-order valence-corrected chi connectivity index (χ3v) is 4.61. The first kappa shape index (κ1) is 21.9. The van der Waals surface area contributed by atoms with E-state index in [1.165, 1.54) is 12.1 Å². The Kier molecular flexibility index (Phi) is 6.82. The average Bonchev–Trinajstić information content (AvgIpc) is 2.61. The molecule has 0 heterocycles. The van der Waals surface area contributed by atoms with Crippen molar-refractivity contribution in [1.29, 1.82) is 0 Å². The number of hydrogen-bond donors (Lipinski definition) is 3. The van der Waals surface area contributed by atoms with Gasteiger partial charge in [0.25, 0.3) is 0 Å². The van der Waals surface area contributed by atoms with Crippen molar-refractivity contribution >= 4 is 24.4 Å². The van der Waals surface area contributed by atoms with Crippen molar-refractivity contribution in [1.82, 2.24) is 0 Å². The molecule has 0 saturated carbocycles. The van der Waals surface area contributed by atoms with E-state index >= 15 is 0 Å². The second kappa shape index (κ2) is 8.73. The summed E-state index contributed by atoms with van der Waals surface area (Å²) in [4.78, 5) is 11.9. The summed E-state index contributed by atoms with van der Waals surface area (Å²) in [7, 11) is -1.45. The SMILES string of the molecule is CC(C)(O)C(C)(C)OB(O)c1ccc(NC(=O)OCc2ccccc2)c(F)c1. The van der Waals surface area contributed by atoms with Gasteiger partial charge in [0.15, 0.2) is 0 Å². The molecule has 0 saturated heterocycles. The van der Waals surface area contributed by atoms with Gasteiger partial charge in [-0.2, -0.15) is 0 Å². The molecular formula is C20H25BFNO5. The number of rotatable bonds is 7. The molecule has 150 valence electrons. The van der Waals surface area contributed by atoms with E-state index in [1.807, 2.05) is 18.2 Å². The summed E-state index contributed by atoms with van der Waals surface area (Å²) in [5.41, 5.74) is -1.44. The van der Waals surface area contributed by atoms with Crippen LogP contribution >= 0.6 is 0 Å². The molecule has 0 atom stereocenters. The Balaban J connectivity index is 1.98. The molecule has 0 aliphatic rings. The lowest BCUT2D eigenvalue weighted by Gasteiger charge is -2.38. The van der Waals surface area contributed by atoms with E-state index in [1.54, 1.807) is 39.8 Å². The minimum atomic E-state index is -1.45. The number of carbonyl (C=O) groups is 1. The third kappa shape index (κ3) is 5.79. The minimum absolute atomic E-state index is 0.0605.